The van der Waals surface area contributed by atoms with Gasteiger partial charge in [-0.25, -0.2) is 15.1 Å². The molecule has 0 radical (unpaired) electrons. The first-order valence-corrected chi connectivity index (χ1v) is 18.9. The molecule has 0 aliphatic rings. The number of methoxy groups -OCH3 is 1. The van der Waals surface area contributed by atoms with Crippen LogP contribution in [0.15, 0.2) is 92.2 Å². The molecule has 24 heteroatoms. The largest absolute Gasteiger partial charge is 0.493 e. The van der Waals surface area contributed by atoms with E-state index in [0.29, 0.717) is 66.5 Å². The molecule has 0 aliphatic heterocycles. The molecule has 0 aliphatic carbocycles. The SMILES string of the molecule is C.CCOc1ccc(-n2cnc(N)c2)cc1OCC.CCOc1ccc(-n2cnc([N+](=O)[O-])c2)cc1OCC.CCOc1ccc(N)cc1OC.CO.O=[N+]([O-])c1cn([N+](=O)[O-])cn1.[HH]. The lowest BCUT2D eigenvalue weighted by Crippen LogP contribution is -2.04. The van der Waals surface area contributed by atoms with Gasteiger partial charge in [-0.3, -0.25) is 4.57 Å². The molecule has 0 saturated carbocycles. The van der Waals surface area contributed by atoms with Crippen LogP contribution in [0.5, 0.6) is 34.5 Å². The van der Waals surface area contributed by atoms with Crippen molar-refractivity contribution >= 4 is 23.1 Å². The van der Waals surface area contributed by atoms with Crippen LogP contribution in [-0.2, 0) is 0 Å². The topological polar surface area (TPSA) is 311 Å². The van der Waals surface area contributed by atoms with Crippen LogP contribution >= 0.6 is 0 Å². The summed E-state index contributed by atoms with van der Waals surface area (Å²) in [5, 5.41) is 36.7. The molecule has 0 amide bonds. The second-order valence-corrected chi connectivity index (χ2v) is 11.5. The van der Waals surface area contributed by atoms with Crippen molar-refractivity contribution in [1.29, 1.82) is 0 Å². The van der Waals surface area contributed by atoms with Crippen LogP contribution < -0.4 is 39.9 Å². The minimum Gasteiger partial charge on any atom is -0.493 e. The summed E-state index contributed by atoms with van der Waals surface area (Å²) >= 11 is 0. The molecule has 350 valence electrons. The third-order valence-corrected chi connectivity index (χ3v) is 7.43. The van der Waals surface area contributed by atoms with Gasteiger partial charge in [0.2, 0.25) is 6.33 Å². The van der Waals surface area contributed by atoms with Crippen molar-refractivity contribution < 1.29 is 49.8 Å². The Morgan fingerprint density at radius 3 is 1.36 bits per heavy atom. The van der Waals surface area contributed by atoms with E-state index in [4.69, 9.17) is 45.0 Å². The number of ether oxygens (including phenoxy) is 6. The van der Waals surface area contributed by atoms with Gasteiger partial charge >= 0.3 is 11.6 Å². The van der Waals surface area contributed by atoms with Crippen molar-refractivity contribution in [2.45, 2.75) is 42.0 Å². The van der Waals surface area contributed by atoms with E-state index in [2.05, 4.69) is 15.0 Å². The summed E-state index contributed by atoms with van der Waals surface area (Å²) in [4.78, 5) is 40.1. The Kier molecular flexibility index (Phi) is 23.9. The van der Waals surface area contributed by atoms with Gasteiger partial charge in [0.15, 0.2) is 45.7 Å². The van der Waals surface area contributed by atoms with E-state index in [0.717, 1.165) is 48.3 Å². The van der Waals surface area contributed by atoms with Gasteiger partial charge in [0.1, 0.15) is 18.3 Å². The van der Waals surface area contributed by atoms with Crippen molar-refractivity contribution in [2.24, 2.45) is 0 Å². The summed E-state index contributed by atoms with van der Waals surface area (Å²) in [6.45, 7) is 12.5. The number of nitrogens with zero attached hydrogens (tertiary/aromatic N) is 9. The summed E-state index contributed by atoms with van der Waals surface area (Å²) in [6, 6.07) is 16.4. The Balaban J connectivity index is 0.000000843. The number of nitrogens with two attached hydrogens (primary N) is 2. The molecule has 3 aromatic carbocycles. The maximum atomic E-state index is 10.6. The third kappa shape index (κ3) is 16.7. The fraction of sp³-hybridized carbons (Fsp3) is 0.325. The Morgan fingerprint density at radius 2 is 0.984 bits per heavy atom. The van der Waals surface area contributed by atoms with E-state index in [9.17, 15) is 30.3 Å². The minimum atomic E-state index is -0.819. The second kappa shape index (κ2) is 28.4. The first-order chi connectivity index (χ1) is 30.3. The number of anilines is 2. The lowest BCUT2D eigenvalue weighted by atomic mass is 10.2. The molecule has 0 saturated heterocycles. The third-order valence-electron chi connectivity index (χ3n) is 7.43. The molecular weight excluding hydrogens is 843 g/mol. The number of aliphatic hydroxyl groups is 1. The summed E-state index contributed by atoms with van der Waals surface area (Å²) in [5.74, 6) is 3.88. The quantitative estimate of drug-likeness (QED) is 0.0509. The van der Waals surface area contributed by atoms with Crippen molar-refractivity contribution in [2.75, 3.05) is 58.7 Å². The van der Waals surface area contributed by atoms with Crippen molar-refractivity contribution in [3.8, 4) is 45.9 Å². The second-order valence-electron chi connectivity index (χ2n) is 11.5. The van der Waals surface area contributed by atoms with Gasteiger partial charge in [-0.1, -0.05) is 7.43 Å². The average molecular weight is 900 g/mol. The zero-order valence-electron chi connectivity index (χ0n) is 35.7. The minimum absolute atomic E-state index is 0. The lowest BCUT2D eigenvalue weighted by molar-refractivity contribution is -0.542. The van der Waals surface area contributed by atoms with Gasteiger partial charge in [0.25, 0.3) is 6.33 Å². The summed E-state index contributed by atoms with van der Waals surface area (Å²) in [6.07, 6.45) is 7.65. The van der Waals surface area contributed by atoms with E-state index in [1.165, 1.54) is 12.5 Å². The zero-order chi connectivity index (χ0) is 46.9. The van der Waals surface area contributed by atoms with Crippen molar-refractivity contribution in [1.82, 2.24) is 28.8 Å². The first kappa shape index (κ1) is 53.9. The van der Waals surface area contributed by atoms with Crippen LogP contribution in [0.4, 0.5) is 23.1 Å². The van der Waals surface area contributed by atoms with E-state index < -0.39 is 20.7 Å². The normalized spacial score (nSPS) is 9.62. The summed E-state index contributed by atoms with van der Waals surface area (Å²) in [5.41, 5.74) is 13.5. The van der Waals surface area contributed by atoms with Gasteiger partial charge in [0, 0.05) is 32.4 Å². The van der Waals surface area contributed by atoms with E-state index in [1.807, 2.05) is 57.4 Å². The molecular formula is C40H57N11O13. The highest BCUT2D eigenvalue weighted by molar-refractivity contribution is 5.52. The summed E-state index contributed by atoms with van der Waals surface area (Å²) in [7, 11) is 2.59. The molecule has 24 nitrogen and oxygen atoms in total. The van der Waals surface area contributed by atoms with Gasteiger partial charge in [-0.15, -0.1) is 0 Å². The lowest BCUT2D eigenvalue weighted by Gasteiger charge is -2.12. The van der Waals surface area contributed by atoms with Gasteiger partial charge < -0.3 is 69.8 Å². The van der Waals surface area contributed by atoms with Gasteiger partial charge in [0.05, 0.1) is 57.7 Å². The first-order valence-electron chi connectivity index (χ1n) is 18.9. The Bertz CT molecular complexity index is 2310. The fourth-order valence-corrected chi connectivity index (χ4v) is 4.87. The Labute approximate surface area is 370 Å². The number of nitro groups is 3. The molecule has 64 heavy (non-hydrogen) atoms. The highest BCUT2D eigenvalue weighted by Gasteiger charge is 2.15. The van der Waals surface area contributed by atoms with Crippen molar-refractivity contribution in [3.63, 3.8) is 0 Å². The predicted molar refractivity (Wildman–Crippen MR) is 240 cm³/mol. The number of aliphatic hydroxyl groups excluding tert-OH is 1. The molecule has 3 heterocycles. The standard InChI is InChI=1S/C13H15N3O4.C13H17N3O2.C9H13NO2.C3H2N4O4.CH4O.CH4.H2/c1-3-19-11-6-5-10(7-12(11)20-4-2)15-8-13(14-9-15)16(17)18;1-3-17-11-6-5-10(7-12(11)18-4-2)16-8-13(14)15-9-16;1-3-12-8-5-4-7(10)6-9(8)11-2;8-6(9)3-1-5(2-4-3)7(10)11;1-2;;/h5-9H,3-4H2,1-2H3;5-9H,3-4,14H2,1-2H3;4-6H,3,10H2,1-2H3;1-2H;2H,1H3;1H4;1H. The van der Waals surface area contributed by atoms with Crippen LogP contribution in [0, 0.1) is 30.3 Å². The number of hydrogen-bond donors (Lipinski definition) is 3. The smallest absolute Gasteiger partial charge is 0.388 e. The molecule has 0 atom stereocenters. The number of benzene rings is 3. The van der Waals surface area contributed by atoms with Crippen molar-refractivity contribution in [3.05, 3.63) is 123 Å². The monoisotopic (exact) mass is 899 g/mol. The highest BCUT2D eigenvalue weighted by Crippen LogP contribution is 2.32. The van der Waals surface area contributed by atoms with Gasteiger partial charge in [-0.05, 0) is 95.5 Å². The van der Waals surface area contributed by atoms with Crippen LogP contribution in [0.25, 0.3) is 11.4 Å². The molecule has 0 unspecified atom stereocenters. The van der Waals surface area contributed by atoms with Crippen LogP contribution in [0.2, 0.25) is 0 Å². The molecule has 0 bridgehead atoms. The van der Waals surface area contributed by atoms with Crippen LogP contribution in [0.3, 0.4) is 0 Å². The number of aromatic nitrogens is 6. The maximum absolute atomic E-state index is 10.6. The molecule has 0 spiro atoms. The number of nitrogen functional groups attached to an aromatic ring is 2. The average Bonchev–Trinajstić information content (AvgIpc) is 4.07. The molecule has 3 aromatic heterocycles. The van der Waals surface area contributed by atoms with E-state index >= 15 is 0 Å². The number of hydrogen-bond acceptors (Lipinski definition) is 18. The summed E-state index contributed by atoms with van der Waals surface area (Å²) < 4.78 is 36.3. The van der Waals surface area contributed by atoms with Crippen LogP contribution in [0.1, 0.15) is 43.5 Å². The molecule has 6 rings (SSSR count). The number of rotatable bonds is 16. The van der Waals surface area contributed by atoms with Crippen LogP contribution in [-0.4, -0.2) is 96.0 Å². The van der Waals surface area contributed by atoms with E-state index in [-0.39, 0.29) is 14.7 Å². The number of imidazole rings is 3. The fourth-order valence-electron chi connectivity index (χ4n) is 4.87. The maximum Gasteiger partial charge on any atom is 0.388 e. The highest BCUT2D eigenvalue weighted by atomic mass is 16.7. The molecule has 6 aromatic rings. The van der Waals surface area contributed by atoms with Gasteiger partial charge in [-0.2, -0.15) is 0 Å². The Morgan fingerprint density at radius 1 is 0.578 bits per heavy atom. The molecule has 5 N–H and O–H groups in total. The zero-order valence-corrected chi connectivity index (χ0v) is 35.7. The van der Waals surface area contributed by atoms with E-state index in [1.54, 1.807) is 60.6 Å². The Hall–Kier alpha value is -8.15. The predicted octanol–water partition coefficient (Wildman–Crippen LogP) is 6.83. The molecule has 0 fully saturated rings.